The predicted octanol–water partition coefficient (Wildman–Crippen LogP) is 3.66. The molecular formula is C11H9Cl2N3. The van der Waals surface area contributed by atoms with Crippen molar-refractivity contribution in [1.29, 1.82) is 0 Å². The first-order chi connectivity index (χ1) is 7.74. The Kier molecular flexibility index (Phi) is 2.37. The van der Waals surface area contributed by atoms with Crippen LogP contribution in [0.4, 0.5) is 0 Å². The van der Waals surface area contributed by atoms with Gasteiger partial charge in [-0.2, -0.15) is 5.10 Å². The number of rotatable bonds is 2. The Morgan fingerprint density at radius 3 is 2.69 bits per heavy atom. The van der Waals surface area contributed by atoms with Gasteiger partial charge in [0, 0.05) is 11.5 Å². The van der Waals surface area contributed by atoms with Crippen LogP contribution in [0.1, 0.15) is 24.6 Å². The van der Waals surface area contributed by atoms with Gasteiger partial charge in [-0.05, 0) is 31.0 Å². The van der Waals surface area contributed by atoms with Crippen molar-refractivity contribution in [1.82, 2.24) is 15.2 Å². The number of benzene rings is 1. The minimum atomic E-state index is 0.525. The lowest BCUT2D eigenvalue weighted by atomic mass is 10.2. The van der Waals surface area contributed by atoms with E-state index < -0.39 is 0 Å². The summed E-state index contributed by atoms with van der Waals surface area (Å²) >= 11 is 11.8. The van der Waals surface area contributed by atoms with Gasteiger partial charge in [0.25, 0.3) is 0 Å². The van der Waals surface area contributed by atoms with Crippen LogP contribution in [0.15, 0.2) is 18.2 Å². The second-order valence-electron chi connectivity index (χ2n) is 3.95. The van der Waals surface area contributed by atoms with E-state index in [9.17, 15) is 0 Å². The topological polar surface area (TPSA) is 41.6 Å². The fourth-order valence-electron chi connectivity index (χ4n) is 1.58. The standard InChI is InChI=1S/C11H9Cl2N3/c12-8-4-3-7(5-9(8)13)11-14-10(15-16-11)6-1-2-6/h3-6H,1-2H2,(H,14,15,16). The van der Waals surface area contributed by atoms with Crippen LogP contribution in [-0.2, 0) is 0 Å². The minimum absolute atomic E-state index is 0.525. The molecule has 3 nitrogen and oxygen atoms in total. The Morgan fingerprint density at radius 1 is 1.19 bits per heavy atom. The van der Waals surface area contributed by atoms with Crippen molar-refractivity contribution in [3.05, 3.63) is 34.1 Å². The van der Waals surface area contributed by atoms with Crippen LogP contribution >= 0.6 is 23.2 Å². The molecule has 0 bridgehead atoms. The number of H-pyrrole nitrogens is 1. The summed E-state index contributed by atoms with van der Waals surface area (Å²) in [6.07, 6.45) is 2.41. The number of nitrogens with one attached hydrogen (secondary N) is 1. The van der Waals surface area contributed by atoms with Crippen LogP contribution in [0.2, 0.25) is 10.0 Å². The summed E-state index contributed by atoms with van der Waals surface area (Å²) in [7, 11) is 0. The Labute approximate surface area is 103 Å². The Balaban J connectivity index is 1.97. The Morgan fingerprint density at radius 2 is 2.00 bits per heavy atom. The average molecular weight is 254 g/mol. The number of aromatic amines is 1. The minimum Gasteiger partial charge on any atom is -0.262 e. The molecule has 0 unspecified atom stereocenters. The maximum absolute atomic E-state index is 5.95. The summed E-state index contributed by atoms with van der Waals surface area (Å²) in [6, 6.07) is 5.41. The molecule has 0 atom stereocenters. The van der Waals surface area contributed by atoms with E-state index in [4.69, 9.17) is 23.2 Å². The van der Waals surface area contributed by atoms with Gasteiger partial charge in [0.2, 0.25) is 0 Å². The van der Waals surface area contributed by atoms with Crippen molar-refractivity contribution >= 4 is 23.2 Å². The second kappa shape index (κ2) is 3.75. The maximum atomic E-state index is 5.95. The molecule has 2 aromatic rings. The third kappa shape index (κ3) is 1.81. The lowest BCUT2D eigenvalue weighted by Gasteiger charge is -1.97. The van der Waals surface area contributed by atoms with Gasteiger partial charge in [-0.3, -0.25) is 5.10 Å². The summed E-state index contributed by atoms with van der Waals surface area (Å²) in [5.41, 5.74) is 0.887. The molecule has 82 valence electrons. The van der Waals surface area contributed by atoms with E-state index in [0.717, 1.165) is 11.4 Å². The van der Waals surface area contributed by atoms with Crippen molar-refractivity contribution < 1.29 is 0 Å². The third-order valence-corrected chi connectivity index (χ3v) is 3.38. The molecule has 3 rings (SSSR count). The molecule has 0 radical (unpaired) electrons. The van der Waals surface area contributed by atoms with Gasteiger partial charge in [0.05, 0.1) is 10.0 Å². The quantitative estimate of drug-likeness (QED) is 0.888. The third-order valence-electron chi connectivity index (χ3n) is 2.64. The van der Waals surface area contributed by atoms with Gasteiger partial charge in [0.1, 0.15) is 5.82 Å². The van der Waals surface area contributed by atoms with Crippen LogP contribution in [0, 0.1) is 0 Å². The molecule has 1 aliphatic rings. The number of nitrogens with zero attached hydrogens (tertiary/aromatic N) is 2. The normalized spacial score (nSPS) is 15.4. The van der Waals surface area contributed by atoms with Crippen molar-refractivity contribution in [3.8, 4) is 11.4 Å². The average Bonchev–Trinajstić information content (AvgIpc) is 3.01. The van der Waals surface area contributed by atoms with Crippen molar-refractivity contribution in [2.75, 3.05) is 0 Å². The fourth-order valence-corrected chi connectivity index (χ4v) is 1.88. The van der Waals surface area contributed by atoms with Crippen LogP contribution in [-0.4, -0.2) is 15.2 Å². The summed E-state index contributed by atoms with van der Waals surface area (Å²) in [6.45, 7) is 0. The Bertz CT molecular complexity index is 532. The van der Waals surface area contributed by atoms with Gasteiger partial charge < -0.3 is 0 Å². The van der Waals surface area contributed by atoms with Gasteiger partial charge in [-0.15, -0.1) is 0 Å². The lowest BCUT2D eigenvalue weighted by molar-refractivity contribution is 0.935. The molecule has 1 N–H and O–H groups in total. The molecule has 0 spiro atoms. The Hall–Kier alpha value is -1.06. The molecule has 1 heterocycles. The number of halogens is 2. The molecule has 0 aliphatic heterocycles. The predicted molar refractivity (Wildman–Crippen MR) is 63.8 cm³/mol. The van der Waals surface area contributed by atoms with Crippen molar-refractivity contribution in [2.45, 2.75) is 18.8 Å². The van der Waals surface area contributed by atoms with Gasteiger partial charge >= 0.3 is 0 Å². The van der Waals surface area contributed by atoms with E-state index in [1.165, 1.54) is 12.8 Å². The highest BCUT2D eigenvalue weighted by molar-refractivity contribution is 6.42. The molecule has 1 fully saturated rings. The molecule has 1 saturated carbocycles. The first kappa shape index (κ1) is 10.1. The molecule has 1 aromatic carbocycles. The SMILES string of the molecule is Clc1ccc(-c2n[nH]c(C3CC3)n2)cc1Cl. The summed E-state index contributed by atoms with van der Waals surface area (Å²) in [4.78, 5) is 4.44. The van der Waals surface area contributed by atoms with E-state index in [1.54, 1.807) is 12.1 Å². The molecule has 0 saturated heterocycles. The molecule has 5 heteroatoms. The van der Waals surface area contributed by atoms with Gasteiger partial charge in [-0.25, -0.2) is 4.98 Å². The molecular weight excluding hydrogens is 245 g/mol. The second-order valence-corrected chi connectivity index (χ2v) is 4.76. The van der Waals surface area contributed by atoms with Gasteiger partial charge in [-0.1, -0.05) is 23.2 Å². The van der Waals surface area contributed by atoms with Crippen LogP contribution < -0.4 is 0 Å². The van der Waals surface area contributed by atoms with E-state index in [2.05, 4.69) is 15.2 Å². The summed E-state index contributed by atoms with van der Waals surface area (Å²) in [5.74, 6) is 2.23. The van der Waals surface area contributed by atoms with Crippen molar-refractivity contribution in [2.24, 2.45) is 0 Å². The molecule has 1 aliphatic carbocycles. The van der Waals surface area contributed by atoms with Gasteiger partial charge in [0.15, 0.2) is 5.82 Å². The molecule has 1 aromatic heterocycles. The highest BCUT2D eigenvalue weighted by Gasteiger charge is 2.27. The maximum Gasteiger partial charge on any atom is 0.181 e. The smallest absolute Gasteiger partial charge is 0.181 e. The van der Waals surface area contributed by atoms with E-state index in [1.807, 2.05) is 6.07 Å². The number of aromatic nitrogens is 3. The zero-order valence-electron chi connectivity index (χ0n) is 8.37. The summed E-state index contributed by atoms with van der Waals surface area (Å²) in [5, 5.41) is 8.21. The monoisotopic (exact) mass is 253 g/mol. The lowest BCUT2D eigenvalue weighted by Crippen LogP contribution is -1.82. The largest absolute Gasteiger partial charge is 0.262 e. The van der Waals surface area contributed by atoms with Crippen LogP contribution in [0.25, 0.3) is 11.4 Å². The highest BCUT2D eigenvalue weighted by atomic mass is 35.5. The summed E-state index contributed by atoms with van der Waals surface area (Å²) < 4.78 is 0. The van der Waals surface area contributed by atoms with E-state index in [-0.39, 0.29) is 0 Å². The van der Waals surface area contributed by atoms with E-state index >= 15 is 0 Å². The number of hydrogen-bond donors (Lipinski definition) is 1. The van der Waals surface area contributed by atoms with Crippen LogP contribution in [0.5, 0.6) is 0 Å². The van der Waals surface area contributed by atoms with Crippen molar-refractivity contribution in [3.63, 3.8) is 0 Å². The fraction of sp³-hybridized carbons (Fsp3) is 0.273. The molecule has 0 amide bonds. The zero-order chi connectivity index (χ0) is 11.1. The van der Waals surface area contributed by atoms with E-state index in [0.29, 0.717) is 21.8 Å². The highest BCUT2D eigenvalue weighted by Crippen LogP contribution is 2.38. The first-order valence-corrected chi connectivity index (χ1v) is 5.87. The number of hydrogen-bond acceptors (Lipinski definition) is 2. The first-order valence-electron chi connectivity index (χ1n) is 5.12. The zero-order valence-corrected chi connectivity index (χ0v) is 9.89. The molecule has 16 heavy (non-hydrogen) atoms. The van der Waals surface area contributed by atoms with Crippen LogP contribution in [0.3, 0.4) is 0 Å².